The number of carbonyl (C=O) groups excluding carboxylic acids is 1. The summed E-state index contributed by atoms with van der Waals surface area (Å²) in [5.41, 5.74) is -0.309. The van der Waals surface area contributed by atoms with E-state index in [0.717, 1.165) is 12.8 Å². The minimum absolute atomic E-state index is 0.169. The van der Waals surface area contributed by atoms with Crippen molar-refractivity contribution in [1.29, 1.82) is 0 Å². The van der Waals surface area contributed by atoms with E-state index in [1.54, 1.807) is 18.3 Å². The number of aromatic nitrogens is 1. The molecule has 1 amide bonds. The highest BCUT2D eigenvalue weighted by Gasteiger charge is 2.50. The number of aliphatic carboxylic acids is 1. The van der Waals surface area contributed by atoms with Gasteiger partial charge >= 0.3 is 5.97 Å². The molecule has 2 saturated carbocycles. The summed E-state index contributed by atoms with van der Waals surface area (Å²) in [7, 11) is 0. The molecule has 0 radical (unpaired) electrons. The number of nitrogens with one attached hydrogen (secondary N) is 1. The van der Waals surface area contributed by atoms with Crippen LogP contribution in [0.15, 0.2) is 18.3 Å². The number of hydrogen-bond acceptors (Lipinski definition) is 4. The Hall–Kier alpha value is -2.11. The molecule has 2 aliphatic rings. The van der Waals surface area contributed by atoms with Crippen molar-refractivity contribution in [3.8, 4) is 5.88 Å². The van der Waals surface area contributed by atoms with Crippen molar-refractivity contribution < 1.29 is 19.4 Å². The second-order valence-electron chi connectivity index (χ2n) is 6.53. The maximum Gasteiger partial charge on any atom is 0.311 e. The molecule has 0 saturated heterocycles. The van der Waals surface area contributed by atoms with Gasteiger partial charge in [-0.1, -0.05) is 6.42 Å². The number of carboxylic acids is 1. The second kappa shape index (κ2) is 6.56. The summed E-state index contributed by atoms with van der Waals surface area (Å²) >= 11 is 0. The zero-order valence-corrected chi connectivity index (χ0v) is 13.1. The van der Waals surface area contributed by atoms with E-state index in [2.05, 4.69) is 10.3 Å². The smallest absolute Gasteiger partial charge is 0.311 e. The van der Waals surface area contributed by atoms with Crippen LogP contribution in [0.2, 0.25) is 0 Å². The number of rotatable bonds is 6. The molecule has 3 rings (SSSR count). The van der Waals surface area contributed by atoms with Crippen LogP contribution in [0.5, 0.6) is 5.88 Å². The summed E-state index contributed by atoms with van der Waals surface area (Å²) in [6.07, 6.45) is 8.61. The number of amides is 1. The molecule has 23 heavy (non-hydrogen) atoms. The van der Waals surface area contributed by atoms with Gasteiger partial charge in [0.2, 0.25) is 5.88 Å². The molecule has 0 bridgehead atoms. The van der Waals surface area contributed by atoms with Crippen LogP contribution in [0, 0.1) is 5.41 Å². The van der Waals surface area contributed by atoms with Crippen LogP contribution in [0.3, 0.4) is 0 Å². The lowest BCUT2D eigenvalue weighted by Crippen LogP contribution is -2.34. The number of pyridine rings is 1. The normalized spacial score (nSPS) is 19.8. The highest BCUT2D eigenvalue weighted by Crippen LogP contribution is 2.45. The Labute approximate surface area is 135 Å². The van der Waals surface area contributed by atoms with Gasteiger partial charge in [-0.2, -0.15) is 0 Å². The molecule has 0 spiro atoms. The number of carbonyl (C=O) groups is 2. The fourth-order valence-electron chi connectivity index (χ4n) is 2.94. The van der Waals surface area contributed by atoms with Gasteiger partial charge in [-0.05, 0) is 44.6 Å². The summed E-state index contributed by atoms with van der Waals surface area (Å²) in [6.45, 7) is 0.169. The van der Waals surface area contributed by atoms with Gasteiger partial charge in [0.05, 0.1) is 5.41 Å². The zero-order valence-electron chi connectivity index (χ0n) is 13.1. The Morgan fingerprint density at radius 1 is 1.30 bits per heavy atom. The van der Waals surface area contributed by atoms with E-state index in [0.29, 0.717) is 24.3 Å². The molecule has 1 aromatic heterocycles. The Morgan fingerprint density at radius 2 is 2.04 bits per heavy atom. The van der Waals surface area contributed by atoms with Crippen molar-refractivity contribution in [3.63, 3.8) is 0 Å². The van der Waals surface area contributed by atoms with Gasteiger partial charge in [0.25, 0.3) is 5.91 Å². The van der Waals surface area contributed by atoms with Crippen molar-refractivity contribution >= 4 is 11.9 Å². The van der Waals surface area contributed by atoms with Crippen molar-refractivity contribution in [2.75, 3.05) is 6.54 Å². The first-order valence-electron chi connectivity index (χ1n) is 8.23. The SMILES string of the molecule is O=C(NCC1(C(=O)O)CC1)c1ccnc(OC2CCCCC2)c1. The molecular formula is C17H22N2O4. The predicted molar refractivity (Wildman–Crippen MR) is 83.4 cm³/mol. The van der Waals surface area contributed by atoms with Gasteiger partial charge in [0.15, 0.2) is 0 Å². The number of nitrogens with zero attached hydrogens (tertiary/aromatic N) is 1. The molecule has 0 unspecified atom stereocenters. The fraction of sp³-hybridized carbons (Fsp3) is 0.588. The minimum Gasteiger partial charge on any atom is -0.481 e. The highest BCUT2D eigenvalue weighted by molar-refractivity contribution is 5.94. The quantitative estimate of drug-likeness (QED) is 0.840. The first-order valence-corrected chi connectivity index (χ1v) is 8.23. The average molecular weight is 318 g/mol. The summed E-state index contributed by atoms with van der Waals surface area (Å²) < 4.78 is 5.86. The molecule has 0 aliphatic heterocycles. The van der Waals surface area contributed by atoms with Crippen LogP contribution >= 0.6 is 0 Å². The second-order valence-corrected chi connectivity index (χ2v) is 6.53. The lowest BCUT2D eigenvalue weighted by atomic mass is 9.98. The number of carboxylic acid groups (broad SMARTS) is 1. The number of ether oxygens (including phenoxy) is 1. The van der Waals surface area contributed by atoms with Crippen LogP contribution < -0.4 is 10.1 Å². The van der Waals surface area contributed by atoms with Gasteiger partial charge < -0.3 is 15.2 Å². The van der Waals surface area contributed by atoms with E-state index in [9.17, 15) is 9.59 Å². The summed E-state index contributed by atoms with van der Waals surface area (Å²) in [4.78, 5) is 27.5. The Kier molecular flexibility index (Phi) is 4.50. The largest absolute Gasteiger partial charge is 0.481 e. The third kappa shape index (κ3) is 3.81. The Balaban J connectivity index is 1.58. The van der Waals surface area contributed by atoms with Crippen molar-refractivity contribution in [1.82, 2.24) is 10.3 Å². The first kappa shape index (κ1) is 15.8. The fourth-order valence-corrected chi connectivity index (χ4v) is 2.94. The molecule has 0 atom stereocenters. The van der Waals surface area contributed by atoms with Crippen molar-refractivity contribution in [2.45, 2.75) is 51.0 Å². The van der Waals surface area contributed by atoms with Gasteiger partial charge in [0, 0.05) is 24.4 Å². The van der Waals surface area contributed by atoms with E-state index in [1.165, 1.54) is 19.3 Å². The molecule has 0 aromatic carbocycles. The summed E-state index contributed by atoms with van der Waals surface area (Å²) in [5.74, 6) is -0.661. The predicted octanol–water partition coefficient (Wildman–Crippen LogP) is 2.39. The third-order valence-corrected chi connectivity index (χ3v) is 4.73. The molecular weight excluding hydrogens is 296 g/mol. The van der Waals surface area contributed by atoms with E-state index < -0.39 is 11.4 Å². The molecule has 1 heterocycles. The standard InChI is InChI=1S/C17H22N2O4/c20-15(19-11-17(7-8-17)16(21)22)12-6-9-18-14(10-12)23-13-4-2-1-3-5-13/h6,9-10,13H,1-5,7-8,11H2,(H,19,20)(H,21,22). The van der Waals surface area contributed by atoms with E-state index in [1.807, 2.05) is 0 Å². The van der Waals surface area contributed by atoms with Gasteiger partial charge in [0.1, 0.15) is 6.10 Å². The maximum absolute atomic E-state index is 12.2. The Bertz CT molecular complexity index is 592. The zero-order chi connectivity index (χ0) is 16.3. The molecule has 6 nitrogen and oxygen atoms in total. The van der Waals surface area contributed by atoms with Crippen LogP contribution in [0.4, 0.5) is 0 Å². The highest BCUT2D eigenvalue weighted by atomic mass is 16.5. The first-order chi connectivity index (χ1) is 11.1. The van der Waals surface area contributed by atoms with E-state index >= 15 is 0 Å². The average Bonchev–Trinajstić information content (AvgIpc) is 3.35. The molecule has 2 N–H and O–H groups in total. The minimum atomic E-state index is -0.839. The maximum atomic E-state index is 12.2. The molecule has 124 valence electrons. The van der Waals surface area contributed by atoms with Crippen molar-refractivity contribution in [2.24, 2.45) is 5.41 Å². The topological polar surface area (TPSA) is 88.5 Å². The Morgan fingerprint density at radius 3 is 2.70 bits per heavy atom. The lowest BCUT2D eigenvalue weighted by Gasteiger charge is -2.22. The summed E-state index contributed by atoms with van der Waals surface area (Å²) in [5, 5.41) is 11.8. The van der Waals surface area contributed by atoms with Gasteiger partial charge in [-0.25, -0.2) is 4.98 Å². The van der Waals surface area contributed by atoms with E-state index in [4.69, 9.17) is 9.84 Å². The molecule has 2 aliphatic carbocycles. The van der Waals surface area contributed by atoms with Crippen LogP contribution in [0.25, 0.3) is 0 Å². The van der Waals surface area contributed by atoms with Crippen LogP contribution in [-0.2, 0) is 4.79 Å². The van der Waals surface area contributed by atoms with Crippen LogP contribution in [-0.4, -0.2) is 34.6 Å². The van der Waals surface area contributed by atoms with E-state index in [-0.39, 0.29) is 18.6 Å². The molecule has 2 fully saturated rings. The third-order valence-electron chi connectivity index (χ3n) is 4.73. The van der Waals surface area contributed by atoms with Crippen molar-refractivity contribution in [3.05, 3.63) is 23.9 Å². The summed E-state index contributed by atoms with van der Waals surface area (Å²) in [6, 6.07) is 3.24. The monoisotopic (exact) mass is 318 g/mol. The number of hydrogen-bond donors (Lipinski definition) is 2. The molecule has 1 aromatic rings. The lowest BCUT2D eigenvalue weighted by molar-refractivity contribution is -0.143. The van der Waals surface area contributed by atoms with Gasteiger partial charge in [-0.3, -0.25) is 9.59 Å². The van der Waals surface area contributed by atoms with Crippen LogP contribution in [0.1, 0.15) is 55.3 Å². The molecule has 6 heteroatoms. The van der Waals surface area contributed by atoms with Gasteiger partial charge in [-0.15, -0.1) is 0 Å².